The van der Waals surface area contributed by atoms with Crippen LogP contribution in [-0.4, -0.2) is 26.9 Å². The molecule has 0 spiro atoms. The summed E-state index contributed by atoms with van der Waals surface area (Å²) in [7, 11) is 0. The number of hydrogen-bond donors (Lipinski definition) is 0. The standard InChI is InChI=1S/C17H25N3O2/c1-2-22-17(21)10-8-6-4-3-5-7-9-15-13-19-16-14-18-11-12-20(15)16/h11-14H,2-10H2,1H3. The lowest BCUT2D eigenvalue weighted by Crippen LogP contribution is -2.03. The van der Waals surface area contributed by atoms with Crippen molar-refractivity contribution in [1.29, 1.82) is 0 Å². The molecular weight excluding hydrogens is 278 g/mol. The van der Waals surface area contributed by atoms with Crippen LogP contribution in [0.3, 0.4) is 0 Å². The lowest BCUT2D eigenvalue weighted by atomic mass is 10.1. The number of imidazole rings is 1. The van der Waals surface area contributed by atoms with Gasteiger partial charge in [-0.1, -0.05) is 25.7 Å². The maximum absolute atomic E-state index is 11.2. The first-order chi connectivity index (χ1) is 10.8. The van der Waals surface area contributed by atoms with Crippen molar-refractivity contribution in [3.63, 3.8) is 0 Å². The number of nitrogens with zero attached hydrogens (tertiary/aromatic N) is 3. The van der Waals surface area contributed by atoms with E-state index in [1.165, 1.54) is 31.4 Å². The van der Waals surface area contributed by atoms with Gasteiger partial charge in [-0.05, 0) is 26.2 Å². The quantitative estimate of drug-likeness (QED) is 0.497. The normalized spacial score (nSPS) is 11.0. The van der Waals surface area contributed by atoms with Gasteiger partial charge in [0.05, 0.1) is 12.8 Å². The maximum atomic E-state index is 11.2. The predicted molar refractivity (Wildman–Crippen MR) is 85.6 cm³/mol. The fourth-order valence-corrected chi connectivity index (χ4v) is 2.60. The van der Waals surface area contributed by atoms with Crippen molar-refractivity contribution in [3.05, 3.63) is 30.5 Å². The van der Waals surface area contributed by atoms with Crippen LogP contribution in [0.5, 0.6) is 0 Å². The van der Waals surface area contributed by atoms with E-state index < -0.39 is 0 Å². The Kier molecular flexibility index (Phi) is 6.87. The Bertz CT molecular complexity index is 580. The minimum atomic E-state index is -0.0652. The summed E-state index contributed by atoms with van der Waals surface area (Å²) in [6, 6.07) is 0. The van der Waals surface area contributed by atoms with Gasteiger partial charge in [-0.15, -0.1) is 0 Å². The zero-order valence-corrected chi connectivity index (χ0v) is 13.3. The Morgan fingerprint density at radius 2 is 1.91 bits per heavy atom. The second kappa shape index (κ2) is 9.18. The number of aromatic nitrogens is 3. The number of unbranched alkanes of at least 4 members (excludes halogenated alkanes) is 5. The number of aryl methyl sites for hydroxylation is 1. The highest BCUT2D eigenvalue weighted by atomic mass is 16.5. The number of ether oxygens (including phenoxy) is 1. The molecule has 2 heterocycles. The molecule has 0 saturated heterocycles. The molecule has 0 amide bonds. The van der Waals surface area contributed by atoms with Crippen LogP contribution in [-0.2, 0) is 16.0 Å². The average molecular weight is 303 g/mol. The third-order valence-corrected chi connectivity index (χ3v) is 3.76. The average Bonchev–Trinajstić information content (AvgIpc) is 2.93. The van der Waals surface area contributed by atoms with Crippen molar-refractivity contribution in [1.82, 2.24) is 14.4 Å². The number of carbonyl (C=O) groups is 1. The Labute approximate surface area is 131 Å². The molecule has 0 saturated carbocycles. The van der Waals surface area contributed by atoms with E-state index in [0.29, 0.717) is 13.0 Å². The monoisotopic (exact) mass is 303 g/mol. The van der Waals surface area contributed by atoms with Gasteiger partial charge in [0.2, 0.25) is 0 Å². The molecule has 2 rings (SSSR count). The van der Waals surface area contributed by atoms with Crippen LogP contribution >= 0.6 is 0 Å². The molecule has 0 aliphatic heterocycles. The Hall–Kier alpha value is -1.91. The van der Waals surface area contributed by atoms with Gasteiger partial charge in [0.15, 0.2) is 5.65 Å². The second-order valence-corrected chi connectivity index (χ2v) is 5.48. The highest BCUT2D eigenvalue weighted by Gasteiger charge is 2.03. The van der Waals surface area contributed by atoms with Crippen molar-refractivity contribution in [2.45, 2.75) is 58.3 Å². The van der Waals surface area contributed by atoms with Crippen LogP contribution < -0.4 is 0 Å². The minimum absolute atomic E-state index is 0.0652. The fraction of sp³-hybridized carbons (Fsp3) is 0.588. The van der Waals surface area contributed by atoms with Crippen LogP contribution in [0.1, 0.15) is 57.6 Å². The molecule has 0 fully saturated rings. The van der Waals surface area contributed by atoms with Gasteiger partial charge in [0.25, 0.3) is 0 Å². The molecule has 0 aromatic carbocycles. The summed E-state index contributed by atoms with van der Waals surface area (Å²) in [4.78, 5) is 19.6. The minimum Gasteiger partial charge on any atom is -0.466 e. The fourth-order valence-electron chi connectivity index (χ4n) is 2.60. The van der Waals surface area contributed by atoms with E-state index >= 15 is 0 Å². The van der Waals surface area contributed by atoms with Gasteiger partial charge in [-0.25, -0.2) is 4.98 Å². The molecule has 5 nitrogen and oxygen atoms in total. The smallest absolute Gasteiger partial charge is 0.305 e. The molecule has 0 N–H and O–H groups in total. The lowest BCUT2D eigenvalue weighted by Gasteiger charge is -2.03. The van der Waals surface area contributed by atoms with Gasteiger partial charge >= 0.3 is 5.97 Å². The number of rotatable bonds is 10. The first-order valence-corrected chi connectivity index (χ1v) is 8.23. The molecule has 0 atom stereocenters. The molecule has 2 aromatic rings. The second-order valence-electron chi connectivity index (χ2n) is 5.48. The predicted octanol–water partition coefficient (Wildman–Crippen LogP) is 3.57. The molecule has 0 radical (unpaired) electrons. The number of esters is 1. The Morgan fingerprint density at radius 3 is 2.73 bits per heavy atom. The van der Waals surface area contributed by atoms with Gasteiger partial charge in [0.1, 0.15) is 0 Å². The molecule has 22 heavy (non-hydrogen) atoms. The molecular formula is C17H25N3O2. The van der Waals surface area contributed by atoms with Gasteiger partial charge in [0, 0.05) is 30.7 Å². The zero-order valence-electron chi connectivity index (χ0n) is 13.3. The number of carbonyl (C=O) groups excluding carboxylic acids is 1. The van der Waals surface area contributed by atoms with E-state index in [-0.39, 0.29) is 5.97 Å². The van der Waals surface area contributed by atoms with Gasteiger partial charge in [-0.3, -0.25) is 9.78 Å². The van der Waals surface area contributed by atoms with E-state index in [0.717, 1.165) is 24.9 Å². The van der Waals surface area contributed by atoms with Crippen LogP contribution in [0.4, 0.5) is 0 Å². The summed E-state index contributed by atoms with van der Waals surface area (Å²) in [5.41, 5.74) is 2.16. The van der Waals surface area contributed by atoms with Crippen LogP contribution in [0.15, 0.2) is 24.8 Å². The summed E-state index contributed by atoms with van der Waals surface area (Å²) in [5, 5.41) is 0. The van der Waals surface area contributed by atoms with Crippen LogP contribution in [0, 0.1) is 0 Å². The van der Waals surface area contributed by atoms with Crippen LogP contribution in [0.25, 0.3) is 5.65 Å². The summed E-state index contributed by atoms with van der Waals surface area (Å²) in [5.74, 6) is -0.0652. The highest BCUT2D eigenvalue weighted by Crippen LogP contribution is 2.12. The van der Waals surface area contributed by atoms with Crippen molar-refractivity contribution in [2.24, 2.45) is 0 Å². The number of fused-ring (bicyclic) bond motifs is 1. The summed E-state index contributed by atoms with van der Waals surface area (Å²) >= 11 is 0. The lowest BCUT2D eigenvalue weighted by molar-refractivity contribution is -0.143. The molecule has 120 valence electrons. The topological polar surface area (TPSA) is 56.5 Å². The Morgan fingerprint density at radius 1 is 1.14 bits per heavy atom. The zero-order chi connectivity index (χ0) is 15.6. The molecule has 0 unspecified atom stereocenters. The molecule has 2 aromatic heterocycles. The maximum Gasteiger partial charge on any atom is 0.305 e. The first kappa shape index (κ1) is 16.5. The van der Waals surface area contributed by atoms with Crippen LogP contribution in [0.2, 0.25) is 0 Å². The number of hydrogen-bond acceptors (Lipinski definition) is 4. The van der Waals surface area contributed by atoms with Crippen molar-refractivity contribution in [2.75, 3.05) is 6.61 Å². The molecule has 0 aliphatic rings. The Balaban J connectivity index is 1.54. The van der Waals surface area contributed by atoms with E-state index in [2.05, 4.69) is 14.4 Å². The van der Waals surface area contributed by atoms with E-state index in [1.54, 1.807) is 12.4 Å². The third kappa shape index (κ3) is 5.13. The molecule has 0 aliphatic carbocycles. The first-order valence-electron chi connectivity index (χ1n) is 8.23. The van der Waals surface area contributed by atoms with E-state index in [9.17, 15) is 4.79 Å². The molecule has 0 bridgehead atoms. The van der Waals surface area contributed by atoms with Crippen molar-refractivity contribution >= 4 is 11.6 Å². The van der Waals surface area contributed by atoms with E-state index in [4.69, 9.17) is 4.74 Å². The summed E-state index contributed by atoms with van der Waals surface area (Å²) < 4.78 is 7.02. The SMILES string of the molecule is CCOC(=O)CCCCCCCCc1cnc2cnccn12. The molecule has 5 heteroatoms. The third-order valence-electron chi connectivity index (χ3n) is 3.76. The highest BCUT2D eigenvalue weighted by molar-refractivity contribution is 5.69. The van der Waals surface area contributed by atoms with Crippen molar-refractivity contribution < 1.29 is 9.53 Å². The van der Waals surface area contributed by atoms with Gasteiger partial charge in [-0.2, -0.15) is 0 Å². The summed E-state index contributed by atoms with van der Waals surface area (Å²) in [6.07, 6.45) is 16.0. The van der Waals surface area contributed by atoms with Crippen molar-refractivity contribution in [3.8, 4) is 0 Å². The summed E-state index contributed by atoms with van der Waals surface area (Å²) in [6.45, 7) is 2.33. The largest absolute Gasteiger partial charge is 0.466 e. The van der Waals surface area contributed by atoms with Gasteiger partial charge < -0.3 is 9.14 Å². The van der Waals surface area contributed by atoms with E-state index in [1.807, 2.05) is 19.3 Å².